The molecule has 1 aromatic carbocycles. The number of carbonyl (C=O) groups is 1. The largest absolute Gasteiger partial charge is 0.370 e. The van der Waals surface area contributed by atoms with Crippen LogP contribution in [-0.2, 0) is 22.6 Å². The number of thioether (sulfide) groups is 1. The molecule has 0 radical (unpaired) electrons. The number of hydrogen-bond acceptors (Lipinski definition) is 6. The first-order valence-electron chi connectivity index (χ1n) is 9.11. The number of hydrogen-bond donors (Lipinski definition) is 0. The summed E-state index contributed by atoms with van der Waals surface area (Å²) < 4.78 is 7.43. The molecule has 144 valence electrons. The van der Waals surface area contributed by atoms with E-state index in [2.05, 4.69) is 4.98 Å². The lowest BCUT2D eigenvalue weighted by Crippen LogP contribution is -2.33. The van der Waals surface area contributed by atoms with Crippen LogP contribution in [0, 0.1) is 0 Å². The van der Waals surface area contributed by atoms with Crippen molar-refractivity contribution in [3.63, 3.8) is 0 Å². The van der Waals surface area contributed by atoms with Gasteiger partial charge in [0.15, 0.2) is 10.8 Å². The molecule has 3 aromatic rings. The Morgan fingerprint density at radius 3 is 2.71 bits per heavy atom. The Labute approximate surface area is 167 Å². The Kier molecular flexibility index (Phi) is 4.81. The Morgan fingerprint density at radius 1 is 1.25 bits per heavy atom. The molecule has 0 saturated carbocycles. The molecular formula is C21H21N3O3S. The molecule has 7 heteroatoms. The highest BCUT2D eigenvalue weighted by Crippen LogP contribution is 2.29. The van der Waals surface area contributed by atoms with Gasteiger partial charge in [-0.3, -0.25) is 14.2 Å². The molecule has 0 saturated heterocycles. The molecule has 0 fully saturated rings. The number of ether oxygens (including phenoxy) is 1. The molecule has 6 nitrogen and oxygen atoms in total. The van der Waals surface area contributed by atoms with E-state index in [0.29, 0.717) is 34.9 Å². The number of aromatic nitrogens is 3. The summed E-state index contributed by atoms with van der Waals surface area (Å²) in [7, 11) is 0. The van der Waals surface area contributed by atoms with Crippen LogP contribution in [0.5, 0.6) is 0 Å². The van der Waals surface area contributed by atoms with Crippen molar-refractivity contribution >= 4 is 28.6 Å². The van der Waals surface area contributed by atoms with Crippen molar-refractivity contribution in [1.29, 1.82) is 0 Å². The van der Waals surface area contributed by atoms with Gasteiger partial charge in [0, 0.05) is 12.0 Å². The summed E-state index contributed by atoms with van der Waals surface area (Å²) in [5, 5.41) is 0.927. The third kappa shape index (κ3) is 3.59. The zero-order valence-corrected chi connectivity index (χ0v) is 16.9. The van der Waals surface area contributed by atoms with E-state index in [1.54, 1.807) is 4.57 Å². The zero-order valence-electron chi connectivity index (χ0n) is 16.1. The molecule has 1 aliphatic heterocycles. The normalized spacial score (nSPS) is 15.4. The van der Waals surface area contributed by atoms with Crippen LogP contribution in [-0.4, -0.2) is 31.7 Å². The zero-order chi connectivity index (χ0) is 19.9. The maximum atomic E-state index is 13.4. The van der Waals surface area contributed by atoms with Crippen molar-refractivity contribution in [1.82, 2.24) is 14.5 Å². The standard InChI is InChI=1S/C21H21N3O3S/c1-13(25)12-28-20-23-18-16(19(26)24(20)15-7-5-4-6-8-15)9-14-11-27-21(2,3)10-17(14)22-18/h4-9H,10-12H2,1-3H3. The average Bonchev–Trinajstić information content (AvgIpc) is 2.65. The maximum Gasteiger partial charge on any atom is 0.268 e. The molecule has 4 rings (SSSR count). The SMILES string of the molecule is CC(=O)CSc1nc2nc3c(cc2c(=O)n1-c1ccccc1)COC(C)(C)C3. The van der Waals surface area contributed by atoms with Crippen LogP contribution in [0.1, 0.15) is 32.0 Å². The van der Waals surface area contributed by atoms with E-state index in [-0.39, 0.29) is 22.7 Å². The third-order valence-electron chi connectivity index (χ3n) is 4.63. The Morgan fingerprint density at radius 2 is 2.00 bits per heavy atom. The Hall–Kier alpha value is -2.51. The van der Waals surface area contributed by atoms with Crippen LogP contribution in [0.2, 0.25) is 0 Å². The topological polar surface area (TPSA) is 74.1 Å². The van der Waals surface area contributed by atoms with E-state index in [1.807, 2.05) is 50.2 Å². The third-order valence-corrected chi connectivity index (χ3v) is 5.71. The van der Waals surface area contributed by atoms with Gasteiger partial charge in [0.2, 0.25) is 0 Å². The Balaban J connectivity index is 1.94. The van der Waals surface area contributed by atoms with Crippen LogP contribution in [0.25, 0.3) is 16.7 Å². The summed E-state index contributed by atoms with van der Waals surface area (Å²) in [6.07, 6.45) is 0.664. The molecule has 0 atom stereocenters. The first kappa shape index (κ1) is 18.8. The van der Waals surface area contributed by atoms with Gasteiger partial charge in [0.25, 0.3) is 5.56 Å². The van der Waals surface area contributed by atoms with Crippen LogP contribution >= 0.6 is 11.8 Å². The number of benzene rings is 1. The monoisotopic (exact) mass is 395 g/mol. The second kappa shape index (κ2) is 7.14. The number of fused-ring (bicyclic) bond motifs is 2. The quantitative estimate of drug-likeness (QED) is 0.498. The molecule has 0 bridgehead atoms. The number of nitrogens with zero attached hydrogens (tertiary/aromatic N) is 3. The predicted molar refractivity (Wildman–Crippen MR) is 109 cm³/mol. The molecule has 2 aromatic heterocycles. The van der Waals surface area contributed by atoms with Crippen molar-refractivity contribution in [3.8, 4) is 5.69 Å². The lowest BCUT2D eigenvalue weighted by molar-refractivity contribution is -0.114. The van der Waals surface area contributed by atoms with Gasteiger partial charge in [-0.25, -0.2) is 9.97 Å². The van der Waals surface area contributed by atoms with E-state index in [0.717, 1.165) is 11.3 Å². The van der Waals surface area contributed by atoms with Gasteiger partial charge < -0.3 is 4.74 Å². The number of para-hydroxylation sites is 1. The van der Waals surface area contributed by atoms with Crippen LogP contribution in [0.15, 0.2) is 46.3 Å². The average molecular weight is 395 g/mol. The van der Waals surface area contributed by atoms with E-state index >= 15 is 0 Å². The fraction of sp³-hybridized carbons (Fsp3) is 0.333. The second-order valence-corrected chi connectivity index (χ2v) is 8.49. The number of rotatable bonds is 4. The van der Waals surface area contributed by atoms with Gasteiger partial charge in [0.1, 0.15) is 5.78 Å². The molecule has 3 heterocycles. The second-order valence-electron chi connectivity index (χ2n) is 7.55. The lowest BCUT2D eigenvalue weighted by atomic mass is 9.95. The van der Waals surface area contributed by atoms with Crippen molar-refractivity contribution < 1.29 is 9.53 Å². The maximum absolute atomic E-state index is 13.4. The van der Waals surface area contributed by atoms with Crippen LogP contribution < -0.4 is 5.56 Å². The van der Waals surface area contributed by atoms with E-state index in [9.17, 15) is 9.59 Å². The van der Waals surface area contributed by atoms with Crippen molar-refractivity contribution in [3.05, 3.63) is 58.0 Å². The molecular weight excluding hydrogens is 374 g/mol. The minimum Gasteiger partial charge on any atom is -0.370 e. The van der Waals surface area contributed by atoms with Gasteiger partial charge in [-0.2, -0.15) is 0 Å². The minimum atomic E-state index is -0.293. The molecule has 0 spiro atoms. The van der Waals surface area contributed by atoms with Crippen molar-refractivity contribution in [2.45, 2.75) is 44.6 Å². The van der Waals surface area contributed by atoms with Crippen molar-refractivity contribution in [2.24, 2.45) is 0 Å². The van der Waals surface area contributed by atoms with Crippen LogP contribution in [0.4, 0.5) is 0 Å². The molecule has 0 aliphatic carbocycles. The fourth-order valence-electron chi connectivity index (χ4n) is 3.25. The minimum absolute atomic E-state index is 0.0243. The number of Topliss-reactive ketones (excluding diaryl/α,β-unsaturated/α-hetero) is 1. The van der Waals surface area contributed by atoms with Gasteiger partial charge >= 0.3 is 0 Å². The molecule has 28 heavy (non-hydrogen) atoms. The summed E-state index contributed by atoms with van der Waals surface area (Å²) in [6.45, 7) is 6.00. The lowest BCUT2D eigenvalue weighted by Gasteiger charge is -2.31. The van der Waals surface area contributed by atoms with Gasteiger partial charge in [-0.15, -0.1) is 0 Å². The molecule has 1 aliphatic rings. The molecule has 0 unspecified atom stereocenters. The number of pyridine rings is 1. The highest BCUT2D eigenvalue weighted by atomic mass is 32.2. The summed E-state index contributed by atoms with van der Waals surface area (Å²) in [4.78, 5) is 34.2. The first-order valence-corrected chi connectivity index (χ1v) is 10.1. The van der Waals surface area contributed by atoms with E-state index < -0.39 is 0 Å². The number of ketones is 1. The summed E-state index contributed by atoms with van der Waals surface area (Å²) in [5.74, 6) is 0.271. The summed E-state index contributed by atoms with van der Waals surface area (Å²) >= 11 is 1.25. The smallest absolute Gasteiger partial charge is 0.268 e. The first-order chi connectivity index (χ1) is 13.3. The van der Waals surface area contributed by atoms with E-state index in [1.165, 1.54) is 18.7 Å². The highest BCUT2D eigenvalue weighted by molar-refractivity contribution is 7.99. The number of carbonyl (C=O) groups excluding carboxylic acids is 1. The fourth-order valence-corrected chi connectivity index (χ4v) is 4.05. The predicted octanol–water partition coefficient (Wildman–Crippen LogP) is 3.31. The highest BCUT2D eigenvalue weighted by Gasteiger charge is 2.28. The Bertz CT molecular complexity index is 1120. The van der Waals surface area contributed by atoms with E-state index in [4.69, 9.17) is 9.72 Å². The molecule has 0 N–H and O–H groups in total. The van der Waals surface area contributed by atoms with Crippen LogP contribution in [0.3, 0.4) is 0 Å². The van der Waals surface area contributed by atoms with Gasteiger partial charge in [0.05, 0.1) is 34.7 Å². The van der Waals surface area contributed by atoms with Gasteiger partial charge in [-0.05, 0) is 39.0 Å². The van der Waals surface area contributed by atoms with Gasteiger partial charge in [-0.1, -0.05) is 30.0 Å². The summed E-state index contributed by atoms with van der Waals surface area (Å²) in [5.41, 5.74) is 2.48. The molecule has 0 amide bonds. The summed E-state index contributed by atoms with van der Waals surface area (Å²) in [6, 6.07) is 11.2. The van der Waals surface area contributed by atoms with Crippen molar-refractivity contribution in [2.75, 3.05) is 5.75 Å².